The van der Waals surface area contributed by atoms with Gasteiger partial charge in [0.15, 0.2) is 0 Å². The van der Waals surface area contributed by atoms with Crippen LogP contribution in [0.1, 0.15) is 11.1 Å². The maximum absolute atomic E-state index is 13.2. The zero-order chi connectivity index (χ0) is 14.5. The number of benzene rings is 2. The van der Waals surface area contributed by atoms with Crippen molar-refractivity contribution >= 4 is 27.7 Å². The Morgan fingerprint density at radius 1 is 1.20 bits per heavy atom. The summed E-state index contributed by atoms with van der Waals surface area (Å²) in [5.41, 5.74) is 8.45. The second-order valence-electron chi connectivity index (χ2n) is 4.84. The molecule has 1 atom stereocenters. The van der Waals surface area contributed by atoms with Gasteiger partial charge in [0.05, 0.1) is 4.47 Å². The third kappa shape index (κ3) is 4.62. The van der Waals surface area contributed by atoms with Crippen molar-refractivity contribution < 1.29 is 4.39 Å². The van der Waals surface area contributed by atoms with Gasteiger partial charge in [0.2, 0.25) is 0 Å². The molecule has 2 N–H and O–H groups in total. The highest BCUT2D eigenvalue weighted by atomic mass is 79.9. The quantitative estimate of drug-likeness (QED) is 0.797. The highest BCUT2D eigenvalue weighted by Gasteiger charge is 2.07. The minimum Gasteiger partial charge on any atom is -0.327 e. The van der Waals surface area contributed by atoms with E-state index in [2.05, 4.69) is 47.1 Å². The van der Waals surface area contributed by atoms with E-state index >= 15 is 0 Å². The van der Waals surface area contributed by atoms with E-state index in [0.29, 0.717) is 4.47 Å². The Kier molecular flexibility index (Phi) is 5.64. The van der Waals surface area contributed by atoms with Gasteiger partial charge in [-0.1, -0.05) is 23.8 Å². The molecule has 20 heavy (non-hydrogen) atoms. The summed E-state index contributed by atoms with van der Waals surface area (Å²) in [6.07, 6.45) is 0.748. The Balaban J connectivity index is 1.87. The van der Waals surface area contributed by atoms with E-state index in [4.69, 9.17) is 5.73 Å². The van der Waals surface area contributed by atoms with E-state index in [1.165, 1.54) is 16.5 Å². The molecular formula is C16H17BrFNS. The molecule has 0 heterocycles. The lowest BCUT2D eigenvalue weighted by molar-refractivity contribution is 0.619. The van der Waals surface area contributed by atoms with Crippen LogP contribution in [0.2, 0.25) is 0 Å². The van der Waals surface area contributed by atoms with E-state index in [1.807, 2.05) is 0 Å². The van der Waals surface area contributed by atoms with Crippen LogP contribution in [0.4, 0.5) is 4.39 Å². The Morgan fingerprint density at radius 3 is 2.55 bits per heavy atom. The Morgan fingerprint density at radius 2 is 1.90 bits per heavy atom. The van der Waals surface area contributed by atoms with Crippen LogP contribution in [-0.2, 0) is 6.42 Å². The molecule has 0 radical (unpaired) electrons. The first-order chi connectivity index (χ1) is 9.54. The molecule has 0 saturated heterocycles. The number of hydrogen-bond donors (Lipinski definition) is 1. The smallest absolute Gasteiger partial charge is 0.137 e. The van der Waals surface area contributed by atoms with Gasteiger partial charge in [0.25, 0.3) is 0 Å². The van der Waals surface area contributed by atoms with Gasteiger partial charge in [0.1, 0.15) is 5.82 Å². The highest BCUT2D eigenvalue weighted by molar-refractivity contribution is 9.10. The first-order valence-corrected chi connectivity index (χ1v) is 8.21. The minimum absolute atomic E-state index is 0.0543. The van der Waals surface area contributed by atoms with Gasteiger partial charge in [-0.15, -0.1) is 11.8 Å². The molecule has 0 aliphatic rings. The number of hydrogen-bond acceptors (Lipinski definition) is 2. The van der Waals surface area contributed by atoms with Crippen LogP contribution in [0, 0.1) is 12.7 Å². The summed E-state index contributed by atoms with van der Waals surface area (Å²) < 4.78 is 13.6. The van der Waals surface area contributed by atoms with Gasteiger partial charge in [-0.3, -0.25) is 0 Å². The van der Waals surface area contributed by atoms with Crippen LogP contribution < -0.4 is 5.73 Å². The molecule has 0 aliphatic carbocycles. The van der Waals surface area contributed by atoms with Gasteiger partial charge >= 0.3 is 0 Å². The molecule has 1 unspecified atom stereocenters. The standard InChI is InChI=1S/C16H17BrFNS/c1-11-2-5-14(6-3-11)20-10-13(19)8-12-4-7-16(18)15(17)9-12/h2-7,9,13H,8,10,19H2,1H3. The molecule has 0 aromatic heterocycles. The number of rotatable bonds is 5. The molecule has 0 fully saturated rings. The molecule has 2 aromatic rings. The van der Waals surface area contributed by atoms with E-state index in [1.54, 1.807) is 23.9 Å². The first kappa shape index (κ1) is 15.5. The van der Waals surface area contributed by atoms with Crippen molar-refractivity contribution in [3.05, 3.63) is 63.9 Å². The molecule has 0 aliphatic heterocycles. The van der Waals surface area contributed by atoms with Gasteiger partial charge in [-0.2, -0.15) is 0 Å². The van der Waals surface area contributed by atoms with E-state index in [-0.39, 0.29) is 11.9 Å². The molecule has 0 spiro atoms. The van der Waals surface area contributed by atoms with Gasteiger partial charge < -0.3 is 5.73 Å². The summed E-state index contributed by atoms with van der Waals surface area (Å²) in [4.78, 5) is 1.23. The number of thioether (sulfide) groups is 1. The van der Waals surface area contributed by atoms with Crippen molar-refractivity contribution in [3.8, 4) is 0 Å². The third-order valence-electron chi connectivity index (χ3n) is 2.97. The average Bonchev–Trinajstić information content (AvgIpc) is 2.42. The molecule has 4 heteroatoms. The van der Waals surface area contributed by atoms with E-state index in [0.717, 1.165) is 17.7 Å². The fourth-order valence-electron chi connectivity index (χ4n) is 1.87. The number of aryl methyl sites for hydroxylation is 1. The zero-order valence-electron chi connectivity index (χ0n) is 11.3. The maximum atomic E-state index is 13.2. The summed E-state index contributed by atoms with van der Waals surface area (Å²) >= 11 is 4.95. The highest BCUT2D eigenvalue weighted by Crippen LogP contribution is 2.21. The Bertz CT molecular complexity index is 571. The lowest BCUT2D eigenvalue weighted by atomic mass is 10.1. The lowest BCUT2D eigenvalue weighted by Crippen LogP contribution is -2.25. The summed E-state index contributed by atoms with van der Waals surface area (Å²) in [5.74, 6) is 0.606. The molecule has 2 rings (SSSR count). The number of nitrogens with two attached hydrogens (primary N) is 1. The first-order valence-electron chi connectivity index (χ1n) is 6.43. The molecule has 0 saturated carbocycles. The van der Waals surface area contributed by atoms with Crippen LogP contribution >= 0.6 is 27.7 Å². The number of halogens is 2. The molecule has 0 amide bonds. The minimum atomic E-state index is -0.239. The molecule has 2 aromatic carbocycles. The average molecular weight is 354 g/mol. The van der Waals surface area contributed by atoms with Crippen molar-refractivity contribution in [1.29, 1.82) is 0 Å². The van der Waals surface area contributed by atoms with Gasteiger partial charge in [0, 0.05) is 16.7 Å². The Labute approximate surface area is 131 Å². The van der Waals surface area contributed by atoms with E-state index in [9.17, 15) is 4.39 Å². The lowest BCUT2D eigenvalue weighted by Gasteiger charge is -2.12. The maximum Gasteiger partial charge on any atom is 0.137 e. The zero-order valence-corrected chi connectivity index (χ0v) is 13.7. The van der Waals surface area contributed by atoms with Gasteiger partial charge in [-0.05, 0) is 59.1 Å². The molecule has 0 bridgehead atoms. The fourth-order valence-corrected chi connectivity index (χ4v) is 3.15. The van der Waals surface area contributed by atoms with Crippen LogP contribution in [0.3, 0.4) is 0 Å². The van der Waals surface area contributed by atoms with Crippen molar-refractivity contribution in [1.82, 2.24) is 0 Å². The summed E-state index contributed by atoms with van der Waals surface area (Å²) in [7, 11) is 0. The van der Waals surface area contributed by atoms with Crippen LogP contribution in [-0.4, -0.2) is 11.8 Å². The third-order valence-corrected chi connectivity index (χ3v) is 4.77. The van der Waals surface area contributed by atoms with Crippen LogP contribution in [0.15, 0.2) is 51.8 Å². The second-order valence-corrected chi connectivity index (χ2v) is 6.78. The monoisotopic (exact) mass is 353 g/mol. The van der Waals surface area contributed by atoms with Crippen molar-refractivity contribution in [2.45, 2.75) is 24.3 Å². The predicted octanol–water partition coefficient (Wildman–Crippen LogP) is 4.56. The van der Waals surface area contributed by atoms with E-state index < -0.39 is 0 Å². The normalized spacial score (nSPS) is 12.4. The summed E-state index contributed by atoms with van der Waals surface area (Å²) in [6, 6.07) is 13.5. The topological polar surface area (TPSA) is 26.0 Å². The van der Waals surface area contributed by atoms with Gasteiger partial charge in [-0.25, -0.2) is 4.39 Å². The molecule has 1 nitrogen and oxygen atoms in total. The predicted molar refractivity (Wildman–Crippen MR) is 87.7 cm³/mol. The second kappa shape index (κ2) is 7.25. The molecular weight excluding hydrogens is 337 g/mol. The largest absolute Gasteiger partial charge is 0.327 e. The summed E-state index contributed by atoms with van der Waals surface area (Å²) in [6.45, 7) is 2.08. The Hall–Kier alpha value is -0.840. The van der Waals surface area contributed by atoms with Crippen LogP contribution in [0.5, 0.6) is 0 Å². The van der Waals surface area contributed by atoms with Crippen LogP contribution in [0.25, 0.3) is 0 Å². The van der Waals surface area contributed by atoms with Crippen molar-refractivity contribution in [2.24, 2.45) is 5.73 Å². The molecule has 106 valence electrons. The fraction of sp³-hybridized carbons (Fsp3) is 0.250. The SMILES string of the molecule is Cc1ccc(SCC(N)Cc2ccc(F)c(Br)c2)cc1. The van der Waals surface area contributed by atoms with Crippen molar-refractivity contribution in [2.75, 3.05) is 5.75 Å². The van der Waals surface area contributed by atoms with Crippen molar-refractivity contribution in [3.63, 3.8) is 0 Å². The summed E-state index contributed by atoms with van der Waals surface area (Å²) in [5, 5.41) is 0.